The molecule has 28 heavy (non-hydrogen) atoms. The summed E-state index contributed by atoms with van der Waals surface area (Å²) in [5.74, 6) is -0.0784. The Kier molecular flexibility index (Phi) is 6.84. The topological polar surface area (TPSA) is 66.9 Å². The molecule has 1 aliphatic heterocycles. The molecule has 1 atom stereocenters. The number of rotatable bonds is 3. The lowest BCUT2D eigenvalue weighted by atomic mass is 9.76. The zero-order valence-electron chi connectivity index (χ0n) is 17.6. The number of amides is 1. The van der Waals surface area contributed by atoms with Gasteiger partial charge in [0.05, 0.1) is 5.41 Å². The van der Waals surface area contributed by atoms with E-state index >= 15 is 0 Å². The highest BCUT2D eigenvalue weighted by atomic mass is 16.2. The van der Waals surface area contributed by atoms with Crippen LogP contribution in [0.25, 0.3) is 18.2 Å². The maximum absolute atomic E-state index is 12.8. The van der Waals surface area contributed by atoms with Crippen LogP contribution in [0.3, 0.4) is 0 Å². The summed E-state index contributed by atoms with van der Waals surface area (Å²) in [5.41, 5.74) is 1.16. The molecule has 0 aliphatic carbocycles. The molecule has 1 amide bonds. The predicted octanol–water partition coefficient (Wildman–Crippen LogP) is 2.20. The van der Waals surface area contributed by atoms with Crippen LogP contribution in [0.4, 0.5) is 0 Å². The number of piperidine rings is 1. The average molecular weight is 382 g/mol. The van der Waals surface area contributed by atoms with Crippen LogP contribution in [0.2, 0.25) is 0 Å². The van der Waals surface area contributed by atoms with Gasteiger partial charge in [-0.1, -0.05) is 32.6 Å². The lowest BCUT2D eigenvalue weighted by molar-refractivity contribution is -0.128. The number of hydrogen-bond donors (Lipinski definition) is 2. The number of aromatic nitrogens is 2. The lowest BCUT2D eigenvalue weighted by Gasteiger charge is -2.32. The quantitative estimate of drug-likeness (QED) is 0.856. The van der Waals surface area contributed by atoms with Gasteiger partial charge in [0.15, 0.2) is 0 Å². The van der Waals surface area contributed by atoms with Gasteiger partial charge in [0, 0.05) is 36.4 Å². The van der Waals surface area contributed by atoms with E-state index in [-0.39, 0.29) is 11.5 Å². The van der Waals surface area contributed by atoms with Crippen LogP contribution in [0.5, 0.6) is 0 Å². The normalized spacial score (nSPS) is 20.4. The Balaban J connectivity index is 0.00000136. The number of H-pyrrole nitrogens is 1. The van der Waals surface area contributed by atoms with Crippen molar-refractivity contribution in [2.24, 2.45) is 7.05 Å². The Bertz CT molecular complexity index is 1040. The molecule has 3 rings (SSSR count). The zero-order chi connectivity index (χ0) is 20.9. The maximum atomic E-state index is 12.8. The predicted molar refractivity (Wildman–Crippen MR) is 116 cm³/mol. The Hall–Kier alpha value is -2.82. The first-order valence-corrected chi connectivity index (χ1v) is 9.87. The summed E-state index contributed by atoms with van der Waals surface area (Å²) in [4.78, 5) is 28.0. The van der Waals surface area contributed by atoms with Gasteiger partial charge in [0.1, 0.15) is 0 Å². The minimum Gasteiger partial charge on any atom is -0.355 e. The fraction of sp³-hybridized carbons (Fsp3) is 0.391. The van der Waals surface area contributed by atoms with E-state index in [0.29, 0.717) is 18.5 Å². The van der Waals surface area contributed by atoms with Gasteiger partial charge in [0.25, 0.3) is 5.56 Å². The van der Waals surface area contributed by atoms with E-state index in [4.69, 9.17) is 0 Å². The molecule has 1 unspecified atom stereocenters. The van der Waals surface area contributed by atoms with Crippen LogP contribution >= 0.6 is 0 Å². The van der Waals surface area contributed by atoms with E-state index in [0.717, 1.165) is 28.3 Å². The van der Waals surface area contributed by atoms with Crippen molar-refractivity contribution in [2.75, 3.05) is 6.54 Å². The smallest absolute Gasteiger partial charge is 0.252 e. The average Bonchev–Trinajstić information content (AvgIpc) is 3.01. The minimum atomic E-state index is -0.775. The van der Waals surface area contributed by atoms with Gasteiger partial charge < -0.3 is 14.9 Å². The molecule has 1 saturated heterocycles. The first kappa shape index (κ1) is 21.5. The molecule has 0 spiro atoms. The largest absolute Gasteiger partial charge is 0.355 e. The van der Waals surface area contributed by atoms with Crippen LogP contribution in [0.1, 0.15) is 51.8 Å². The highest BCUT2D eigenvalue weighted by molar-refractivity contribution is 5.89. The van der Waals surface area contributed by atoms with Crippen molar-refractivity contribution in [2.45, 2.75) is 46.0 Å². The summed E-state index contributed by atoms with van der Waals surface area (Å²) in [6.07, 6.45) is 7.46. The molecular weight excluding hydrogens is 350 g/mol. The van der Waals surface area contributed by atoms with E-state index < -0.39 is 5.41 Å². The highest BCUT2D eigenvalue weighted by Crippen LogP contribution is 2.29. The molecule has 5 nitrogen and oxygen atoms in total. The molecule has 2 N–H and O–H groups in total. The maximum Gasteiger partial charge on any atom is 0.252 e. The Morgan fingerprint density at radius 2 is 1.96 bits per heavy atom. The number of hydrogen-bond acceptors (Lipinski definition) is 2. The summed E-state index contributed by atoms with van der Waals surface area (Å²) < 4.78 is 1.99. The van der Waals surface area contributed by atoms with E-state index in [1.54, 1.807) is 6.07 Å². The molecule has 2 aromatic heterocycles. The number of allylic oxidation sites excluding steroid dienone is 2. The Morgan fingerprint density at radius 3 is 2.50 bits per heavy atom. The van der Waals surface area contributed by atoms with Crippen LogP contribution in [-0.2, 0) is 17.3 Å². The third kappa shape index (κ3) is 4.03. The van der Waals surface area contributed by atoms with Gasteiger partial charge >= 0.3 is 0 Å². The lowest BCUT2D eigenvalue weighted by Crippen LogP contribution is -2.49. The molecule has 0 saturated carbocycles. The molecule has 0 radical (unpaired) electrons. The second-order valence-corrected chi connectivity index (χ2v) is 7.03. The van der Waals surface area contributed by atoms with Crippen molar-refractivity contribution in [3.63, 3.8) is 0 Å². The van der Waals surface area contributed by atoms with E-state index in [2.05, 4.69) is 16.9 Å². The molecule has 0 aromatic carbocycles. The fourth-order valence-corrected chi connectivity index (χ4v) is 3.54. The standard InChI is InChI=1S/C21H25N3O2.C2H6/c1-5-15(13-18-14(2)9-12-24(18)4)17-8-7-16(19(25)23-17)21(3)10-6-11-22-20(21)26;1-2/h5,7-9,12-13H,2,6,10-11H2,1,3-4H3,(H,22,26)(H,23,25);1-2H3/b15-5+,18-13+;. The fourth-order valence-electron chi connectivity index (χ4n) is 3.54. The minimum absolute atomic E-state index is 0.0784. The summed E-state index contributed by atoms with van der Waals surface area (Å²) >= 11 is 0. The zero-order valence-corrected chi connectivity index (χ0v) is 17.6. The van der Waals surface area contributed by atoms with Crippen molar-refractivity contribution < 1.29 is 4.79 Å². The van der Waals surface area contributed by atoms with Crippen molar-refractivity contribution in [1.82, 2.24) is 14.9 Å². The Morgan fingerprint density at radius 1 is 1.25 bits per heavy atom. The highest BCUT2D eigenvalue weighted by Gasteiger charge is 2.39. The van der Waals surface area contributed by atoms with Gasteiger partial charge in [-0.25, -0.2) is 0 Å². The van der Waals surface area contributed by atoms with E-state index in [9.17, 15) is 9.59 Å². The number of carbonyl (C=O) groups excluding carboxylic acids is 1. The Labute approximate surface area is 166 Å². The van der Waals surface area contributed by atoms with E-state index in [1.807, 2.05) is 69.8 Å². The number of nitrogens with one attached hydrogen (secondary N) is 2. The van der Waals surface area contributed by atoms with Crippen LogP contribution < -0.4 is 21.4 Å². The van der Waals surface area contributed by atoms with Crippen LogP contribution in [-0.4, -0.2) is 22.0 Å². The summed E-state index contributed by atoms with van der Waals surface area (Å²) in [6, 6.07) is 5.61. The van der Waals surface area contributed by atoms with E-state index in [1.165, 1.54) is 0 Å². The van der Waals surface area contributed by atoms with Gasteiger partial charge in [0.2, 0.25) is 5.91 Å². The second-order valence-electron chi connectivity index (χ2n) is 7.03. The number of aryl methyl sites for hydroxylation is 1. The third-order valence-electron chi connectivity index (χ3n) is 5.27. The molecule has 150 valence electrons. The summed E-state index contributed by atoms with van der Waals surface area (Å²) in [6.45, 7) is 12.5. The first-order chi connectivity index (χ1) is 13.4. The summed E-state index contributed by atoms with van der Waals surface area (Å²) in [5, 5.41) is 4.79. The van der Waals surface area contributed by atoms with Crippen molar-refractivity contribution in [1.29, 1.82) is 0 Å². The second kappa shape index (κ2) is 8.91. The van der Waals surface area contributed by atoms with Gasteiger partial charge in [-0.15, -0.1) is 0 Å². The van der Waals surface area contributed by atoms with Gasteiger partial charge in [-0.05, 0) is 55.7 Å². The third-order valence-corrected chi connectivity index (χ3v) is 5.27. The molecule has 0 bridgehead atoms. The summed E-state index contributed by atoms with van der Waals surface area (Å²) in [7, 11) is 1.96. The number of carbonyl (C=O) groups is 1. The molecule has 1 fully saturated rings. The molecule has 1 aliphatic rings. The molecular formula is C23H31N3O2. The molecule has 2 aromatic rings. The van der Waals surface area contributed by atoms with Crippen molar-refractivity contribution in [3.05, 3.63) is 62.7 Å². The van der Waals surface area contributed by atoms with Crippen LogP contribution in [0.15, 0.2) is 35.3 Å². The molecule has 5 heteroatoms. The number of pyridine rings is 1. The number of nitrogens with zero attached hydrogens (tertiary/aromatic N) is 1. The SMILES string of the molecule is C=c1ccn(C)/c1=C/C(=C\C)c1ccc(C2(C)CCCNC2=O)c(=O)[nH]1.CC. The monoisotopic (exact) mass is 381 g/mol. The van der Waals surface area contributed by atoms with Crippen molar-refractivity contribution in [3.8, 4) is 0 Å². The number of aromatic amines is 1. The van der Waals surface area contributed by atoms with Crippen molar-refractivity contribution >= 4 is 24.1 Å². The first-order valence-electron chi connectivity index (χ1n) is 9.87. The van der Waals surface area contributed by atoms with Gasteiger partial charge in [-0.3, -0.25) is 9.59 Å². The molecule has 3 heterocycles. The van der Waals surface area contributed by atoms with Gasteiger partial charge in [-0.2, -0.15) is 0 Å². The van der Waals surface area contributed by atoms with Crippen LogP contribution in [0, 0.1) is 0 Å².